The van der Waals surface area contributed by atoms with E-state index >= 15 is 0 Å². The Morgan fingerprint density at radius 2 is 2.24 bits per heavy atom. The fourth-order valence-corrected chi connectivity index (χ4v) is 2.85. The van der Waals surface area contributed by atoms with Crippen LogP contribution in [0.4, 0.5) is 0 Å². The summed E-state index contributed by atoms with van der Waals surface area (Å²) < 4.78 is 6.00. The van der Waals surface area contributed by atoms with Gasteiger partial charge in [-0.15, -0.1) is 0 Å². The Kier molecular flexibility index (Phi) is 3.54. The van der Waals surface area contributed by atoms with E-state index in [9.17, 15) is 4.79 Å². The lowest BCUT2D eigenvalue weighted by Gasteiger charge is -2.35. The van der Waals surface area contributed by atoms with Crippen LogP contribution in [0.5, 0.6) is 0 Å². The van der Waals surface area contributed by atoms with E-state index in [0.717, 1.165) is 17.3 Å². The summed E-state index contributed by atoms with van der Waals surface area (Å²) in [5, 5.41) is 3.14. The van der Waals surface area contributed by atoms with E-state index in [-0.39, 0.29) is 5.97 Å². The van der Waals surface area contributed by atoms with Crippen molar-refractivity contribution < 1.29 is 9.53 Å². The first-order valence-corrected chi connectivity index (χ1v) is 6.45. The highest BCUT2D eigenvalue weighted by Gasteiger charge is 2.40. The van der Waals surface area contributed by atoms with Gasteiger partial charge < -0.3 is 10.1 Å². The van der Waals surface area contributed by atoms with Gasteiger partial charge in [0, 0.05) is 10.9 Å². The Bertz CT molecular complexity index is 447. The molecular weight excluding hydrogens is 282 g/mol. The van der Waals surface area contributed by atoms with Crippen LogP contribution in [-0.4, -0.2) is 25.7 Å². The molecule has 0 amide bonds. The topological polar surface area (TPSA) is 38.3 Å². The number of hydrogen-bond acceptors (Lipinski definition) is 3. The molecule has 0 fully saturated rings. The van der Waals surface area contributed by atoms with Crippen LogP contribution in [0.2, 0.25) is 0 Å². The third kappa shape index (κ3) is 2.24. The van der Waals surface area contributed by atoms with Crippen molar-refractivity contribution in [3.63, 3.8) is 0 Å². The number of benzene rings is 1. The SMILES string of the molecule is CNC1(C(=O)OC)CCc2cc(Br)ccc2C1. The van der Waals surface area contributed by atoms with E-state index < -0.39 is 5.54 Å². The molecule has 0 radical (unpaired) electrons. The highest BCUT2D eigenvalue weighted by molar-refractivity contribution is 9.10. The molecule has 0 bridgehead atoms. The number of halogens is 1. The predicted molar refractivity (Wildman–Crippen MR) is 70.0 cm³/mol. The Morgan fingerprint density at radius 3 is 2.88 bits per heavy atom. The van der Waals surface area contributed by atoms with Gasteiger partial charge in [0.25, 0.3) is 0 Å². The Labute approximate surface area is 110 Å². The molecule has 4 heteroatoms. The number of carbonyl (C=O) groups is 1. The zero-order chi connectivity index (χ0) is 12.5. The molecule has 3 nitrogen and oxygen atoms in total. The summed E-state index contributed by atoms with van der Waals surface area (Å²) >= 11 is 3.47. The first kappa shape index (κ1) is 12.6. The predicted octanol–water partition coefficient (Wildman–Crippen LogP) is 2.07. The summed E-state index contributed by atoms with van der Waals surface area (Å²) in [6, 6.07) is 6.22. The number of likely N-dealkylation sites (N-methyl/N-ethyl adjacent to an activating group) is 1. The van der Waals surface area contributed by atoms with Crippen LogP contribution in [-0.2, 0) is 22.4 Å². The molecule has 1 N–H and O–H groups in total. The standard InChI is InChI=1S/C13H16BrNO2/c1-15-13(12(16)17-2)6-5-9-7-11(14)4-3-10(9)8-13/h3-4,7,15H,5-6,8H2,1-2H3. The number of carbonyl (C=O) groups excluding carboxylic acids is 1. The van der Waals surface area contributed by atoms with Gasteiger partial charge in [-0.3, -0.25) is 4.79 Å². The molecule has 0 spiro atoms. The highest BCUT2D eigenvalue weighted by atomic mass is 79.9. The molecule has 17 heavy (non-hydrogen) atoms. The Balaban J connectivity index is 2.33. The normalized spacial score (nSPS) is 23.0. The van der Waals surface area contributed by atoms with E-state index in [1.807, 2.05) is 13.1 Å². The van der Waals surface area contributed by atoms with Crippen molar-refractivity contribution in [2.75, 3.05) is 14.2 Å². The number of rotatable bonds is 2. The van der Waals surface area contributed by atoms with Crippen molar-refractivity contribution in [1.82, 2.24) is 5.32 Å². The molecule has 1 atom stereocenters. The van der Waals surface area contributed by atoms with E-state index in [0.29, 0.717) is 6.42 Å². The van der Waals surface area contributed by atoms with Crippen molar-refractivity contribution >= 4 is 21.9 Å². The lowest BCUT2D eigenvalue weighted by atomic mass is 9.78. The minimum atomic E-state index is -0.560. The average molecular weight is 298 g/mol. The maximum atomic E-state index is 11.9. The second-order valence-electron chi connectivity index (χ2n) is 4.41. The van der Waals surface area contributed by atoms with Crippen LogP contribution < -0.4 is 5.32 Å². The number of esters is 1. The molecule has 1 unspecified atom stereocenters. The smallest absolute Gasteiger partial charge is 0.326 e. The van der Waals surface area contributed by atoms with Crippen LogP contribution in [0.3, 0.4) is 0 Å². The van der Waals surface area contributed by atoms with Crippen LogP contribution >= 0.6 is 15.9 Å². The zero-order valence-electron chi connectivity index (χ0n) is 10.0. The monoisotopic (exact) mass is 297 g/mol. The van der Waals surface area contributed by atoms with Crippen molar-refractivity contribution in [3.05, 3.63) is 33.8 Å². The van der Waals surface area contributed by atoms with Gasteiger partial charge in [-0.2, -0.15) is 0 Å². The average Bonchev–Trinajstić information content (AvgIpc) is 2.37. The number of ether oxygens (including phenoxy) is 1. The fourth-order valence-electron chi connectivity index (χ4n) is 2.45. The molecular formula is C13H16BrNO2. The molecule has 0 aliphatic heterocycles. The summed E-state index contributed by atoms with van der Waals surface area (Å²) in [4.78, 5) is 11.9. The van der Waals surface area contributed by atoms with Gasteiger partial charge >= 0.3 is 5.97 Å². The van der Waals surface area contributed by atoms with Crippen molar-refractivity contribution in [1.29, 1.82) is 0 Å². The molecule has 2 rings (SSSR count). The van der Waals surface area contributed by atoms with Crippen LogP contribution in [0.25, 0.3) is 0 Å². The number of methoxy groups -OCH3 is 1. The molecule has 0 saturated heterocycles. The largest absolute Gasteiger partial charge is 0.468 e. The molecule has 0 aromatic heterocycles. The number of nitrogens with one attached hydrogen (secondary N) is 1. The lowest BCUT2D eigenvalue weighted by Crippen LogP contribution is -2.54. The van der Waals surface area contributed by atoms with Crippen molar-refractivity contribution in [2.45, 2.75) is 24.8 Å². The zero-order valence-corrected chi connectivity index (χ0v) is 11.6. The Hall–Kier alpha value is -0.870. The van der Waals surface area contributed by atoms with Gasteiger partial charge in [0.1, 0.15) is 5.54 Å². The molecule has 1 aromatic carbocycles. The summed E-state index contributed by atoms with van der Waals surface area (Å²) in [6.07, 6.45) is 2.36. The number of hydrogen-bond donors (Lipinski definition) is 1. The lowest BCUT2D eigenvalue weighted by molar-refractivity contribution is -0.149. The summed E-state index contributed by atoms with van der Waals surface area (Å²) in [5.74, 6) is -0.173. The molecule has 0 saturated carbocycles. The van der Waals surface area contributed by atoms with Gasteiger partial charge in [0.15, 0.2) is 0 Å². The Morgan fingerprint density at radius 1 is 1.47 bits per heavy atom. The van der Waals surface area contributed by atoms with E-state index in [4.69, 9.17) is 4.74 Å². The molecule has 92 valence electrons. The third-order valence-electron chi connectivity index (χ3n) is 3.54. The maximum absolute atomic E-state index is 11.9. The fraction of sp³-hybridized carbons (Fsp3) is 0.462. The quantitative estimate of drug-likeness (QED) is 0.850. The summed E-state index contributed by atoms with van der Waals surface area (Å²) in [7, 11) is 3.26. The minimum absolute atomic E-state index is 0.173. The number of fused-ring (bicyclic) bond motifs is 1. The van der Waals surface area contributed by atoms with Gasteiger partial charge in [-0.05, 0) is 43.1 Å². The van der Waals surface area contributed by atoms with Crippen LogP contribution in [0.1, 0.15) is 17.5 Å². The van der Waals surface area contributed by atoms with Gasteiger partial charge in [0.05, 0.1) is 7.11 Å². The third-order valence-corrected chi connectivity index (χ3v) is 4.03. The molecule has 0 heterocycles. The van der Waals surface area contributed by atoms with E-state index in [2.05, 4.69) is 33.4 Å². The van der Waals surface area contributed by atoms with Crippen LogP contribution in [0, 0.1) is 0 Å². The van der Waals surface area contributed by atoms with Gasteiger partial charge in [-0.1, -0.05) is 22.0 Å². The molecule has 1 aliphatic rings. The van der Waals surface area contributed by atoms with Crippen LogP contribution in [0.15, 0.2) is 22.7 Å². The molecule has 1 aliphatic carbocycles. The summed E-state index contributed by atoms with van der Waals surface area (Å²) in [6.45, 7) is 0. The first-order chi connectivity index (χ1) is 8.11. The van der Waals surface area contributed by atoms with Crippen molar-refractivity contribution in [3.8, 4) is 0 Å². The van der Waals surface area contributed by atoms with E-state index in [1.165, 1.54) is 18.2 Å². The van der Waals surface area contributed by atoms with Gasteiger partial charge in [0.2, 0.25) is 0 Å². The first-order valence-electron chi connectivity index (χ1n) is 5.66. The van der Waals surface area contributed by atoms with Crippen molar-refractivity contribution in [2.24, 2.45) is 0 Å². The highest BCUT2D eigenvalue weighted by Crippen LogP contribution is 2.31. The van der Waals surface area contributed by atoms with Gasteiger partial charge in [-0.25, -0.2) is 0 Å². The second kappa shape index (κ2) is 4.78. The molecule has 1 aromatic rings. The summed E-state index contributed by atoms with van der Waals surface area (Å²) in [5.41, 5.74) is 1.98. The van der Waals surface area contributed by atoms with E-state index in [1.54, 1.807) is 0 Å². The minimum Gasteiger partial charge on any atom is -0.468 e. The number of aryl methyl sites for hydroxylation is 1. The second-order valence-corrected chi connectivity index (χ2v) is 5.33. The maximum Gasteiger partial charge on any atom is 0.326 e.